The Bertz CT molecular complexity index is 1350. The van der Waals surface area contributed by atoms with Gasteiger partial charge >= 0.3 is 5.97 Å². The molecule has 356 valence electrons. The van der Waals surface area contributed by atoms with Crippen molar-refractivity contribution in [2.24, 2.45) is 0 Å². The van der Waals surface area contributed by atoms with Gasteiger partial charge in [0.2, 0.25) is 5.91 Å². The molecule has 0 rings (SSSR count). The van der Waals surface area contributed by atoms with Crippen LogP contribution in [0.15, 0.2) is 122 Å². The number of aliphatic hydroxyl groups is 2. The molecule has 6 nitrogen and oxygen atoms in total. The van der Waals surface area contributed by atoms with Crippen molar-refractivity contribution in [1.29, 1.82) is 0 Å². The van der Waals surface area contributed by atoms with Gasteiger partial charge in [0, 0.05) is 6.42 Å². The van der Waals surface area contributed by atoms with Crippen LogP contribution in [0.1, 0.15) is 201 Å². The first-order chi connectivity index (χ1) is 31.0. The van der Waals surface area contributed by atoms with Crippen LogP contribution in [0.25, 0.3) is 0 Å². The van der Waals surface area contributed by atoms with E-state index in [4.69, 9.17) is 4.74 Å². The fraction of sp³-hybridized carbons (Fsp3) is 0.614. The number of aliphatic hydroxyl groups excluding tert-OH is 2. The molecule has 0 saturated heterocycles. The summed E-state index contributed by atoms with van der Waals surface area (Å²) in [7, 11) is 0. The van der Waals surface area contributed by atoms with Gasteiger partial charge in [0.25, 0.3) is 0 Å². The van der Waals surface area contributed by atoms with Crippen molar-refractivity contribution in [2.75, 3.05) is 6.61 Å². The van der Waals surface area contributed by atoms with Crippen LogP contribution in [-0.2, 0) is 14.3 Å². The van der Waals surface area contributed by atoms with E-state index in [1.54, 1.807) is 0 Å². The smallest absolute Gasteiger partial charge is 0.306 e. The van der Waals surface area contributed by atoms with Gasteiger partial charge in [0.05, 0.1) is 25.2 Å². The lowest BCUT2D eigenvalue weighted by molar-refractivity contribution is -0.151. The second-order valence-electron chi connectivity index (χ2n) is 16.6. The maximum atomic E-state index is 13.2. The summed E-state index contributed by atoms with van der Waals surface area (Å²) in [6, 6.07) is -0.741. The molecule has 0 aromatic heterocycles. The Morgan fingerprint density at radius 2 is 0.952 bits per heavy atom. The first-order valence-corrected chi connectivity index (χ1v) is 25.3. The van der Waals surface area contributed by atoms with Crippen LogP contribution in [-0.4, -0.2) is 46.9 Å². The molecule has 0 spiro atoms. The van der Waals surface area contributed by atoms with Gasteiger partial charge in [-0.15, -0.1) is 0 Å². The Labute approximate surface area is 387 Å². The van der Waals surface area contributed by atoms with E-state index in [1.165, 1.54) is 64.2 Å². The number of carbonyl (C=O) groups excluding carboxylic acids is 2. The van der Waals surface area contributed by atoms with Gasteiger partial charge in [-0.3, -0.25) is 9.59 Å². The Balaban J connectivity index is 4.81. The van der Waals surface area contributed by atoms with E-state index < -0.39 is 18.2 Å². The molecule has 6 heteroatoms. The van der Waals surface area contributed by atoms with Gasteiger partial charge in [-0.1, -0.05) is 232 Å². The highest BCUT2D eigenvalue weighted by Crippen LogP contribution is 2.16. The van der Waals surface area contributed by atoms with E-state index in [0.29, 0.717) is 19.3 Å². The summed E-state index contributed by atoms with van der Waals surface area (Å²) < 4.78 is 5.88. The quantitative estimate of drug-likeness (QED) is 0.0245. The fourth-order valence-corrected chi connectivity index (χ4v) is 6.93. The molecule has 1 amide bonds. The molecule has 3 unspecified atom stereocenters. The van der Waals surface area contributed by atoms with E-state index in [1.807, 2.05) is 60.8 Å². The van der Waals surface area contributed by atoms with Gasteiger partial charge in [-0.2, -0.15) is 0 Å². The van der Waals surface area contributed by atoms with Crippen molar-refractivity contribution in [1.82, 2.24) is 5.32 Å². The monoisotopic (exact) mass is 872 g/mol. The topological polar surface area (TPSA) is 95.9 Å². The molecule has 3 N–H and O–H groups in total. The van der Waals surface area contributed by atoms with Crippen LogP contribution in [0.2, 0.25) is 0 Å². The lowest BCUT2D eigenvalue weighted by Gasteiger charge is -2.24. The number of ether oxygens (including phenoxy) is 1. The summed E-state index contributed by atoms with van der Waals surface area (Å²) in [5.74, 6) is -0.598. The molecule has 63 heavy (non-hydrogen) atoms. The van der Waals surface area contributed by atoms with Gasteiger partial charge in [-0.25, -0.2) is 0 Å². The molecule has 0 heterocycles. The number of hydrogen-bond donors (Lipinski definition) is 3. The first-order valence-electron chi connectivity index (χ1n) is 25.3. The van der Waals surface area contributed by atoms with E-state index >= 15 is 0 Å². The molecule has 0 aliphatic heterocycles. The van der Waals surface area contributed by atoms with Crippen molar-refractivity contribution >= 4 is 11.9 Å². The highest BCUT2D eigenvalue weighted by atomic mass is 16.5. The van der Waals surface area contributed by atoms with Crippen LogP contribution < -0.4 is 5.32 Å². The Morgan fingerprint density at radius 1 is 0.492 bits per heavy atom. The zero-order valence-corrected chi connectivity index (χ0v) is 40.4. The van der Waals surface area contributed by atoms with Crippen LogP contribution in [0.3, 0.4) is 0 Å². The highest BCUT2D eigenvalue weighted by molar-refractivity contribution is 5.77. The van der Waals surface area contributed by atoms with Gasteiger partial charge in [-0.05, 0) is 77.0 Å². The molecule has 0 aliphatic rings. The molecule has 0 fully saturated rings. The second kappa shape index (κ2) is 49.3. The average Bonchev–Trinajstić information content (AvgIpc) is 3.28. The standard InChI is InChI=1S/C57H93NO5/c1-4-7-10-13-16-19-22-25-27-29-32-35-38-41-44-47-50-57(62)63-53(48-45-42-39-36-33-31-28-26-23-20-17-14-11-8-5-2)51-56(61)58-54(52-59)55(60)49-46-43-40-37-34-30-24-21-18-15-12-9-6-3/h7-8,10-11,14,16-17,19-20,23,25-28,31-33,35-36,39,53-55,59-60H,4-6,9,12-13,15,18,21-22,24,29-30,34,37-38,40-52H2,1-3H3,(H,58,61)/b10-7+,11-8-,17-14+,19-16+,23-20+,27-25+,28-26-,33-31+,35-32+,39-36+. The molecule has 0 aromatic carbocycles. The van der Waals surface area contributed by atoms with E-state index in [9.17, 15) is 19.8 Å². The van der Waals surface area contributed by atoms with Gasteiger partial charge in [0.1, 0.15) is 6.10 Å². The van der Waals surface area contributed by atoms with Crippen LogP contribution >= 0.6 is 0 Å². The predicted molar refractivity (Wildman–Crippen MR) is 273 cm³/mol. The second-order valence-corrected chi connectivity index (χ2v) is 16.6. The maximum Gasteiger partial charge on any atom is 0.306 e. The third kappa shape index (κ3) is 44.7. The lowest BCUT2D eigenvalue weighted by atomic mass is 10.0. The normalized spacial score (nSPS) is 14.3. The van der Waals surface area contributed by atoms with Crippen molar-refractivity contribution in [3.8, 4) is 0 Å². The summed E-state index contributed by atoms with van der Waals surface area (Å²) in [6.45, 7) is 6.18. The van der Waals surface area contributed by atoms with Crippen LogP contribution in [0, 0.1) is 0 Å². The summed E-state index contributed by atoms with van der Waals surface area (Å²) >= 11 is 0. The van der Waals surface area contributed by atoms with E-state index in [-0.39, 0.29) is 24.9 Å². The number of unbranched alkanes of at least 4 members (excludes halogenated alkanes) is 16. The third-order valence-electron chi connectivity index (χ3n) is 10.7. The zero-order chi connectivity index (χ0) is 45.9. The summed E-state index contributed by atoms with van der Waals surface area (Å²) in [4.78, 5) is 26.1. The fourth-order valence-electron chi connectivity index (χ4n) is 6.93. The molecular weight excluding hydrogens is 779 g/mol. The molecule has 0 bridgehead atoms. The molecule has 0 aromatic rings. The number of amides is 1. The number of hydrogen-bond acceptors (Lipinski definition) is 5. The number of rotatable bonds is 43. The van der Waals surface area contributed by atoms with Crippen molar-refractivity contribution in [3.63, 3.8) is 0 Å². The van der Waals surface area contributed by atoms with E-state index in [0.717, 1.165) is 89.9 Å². The minimum absolute atomic E-state index is 0.00550. The Hall–Kier alpha value is -3.74. The van der Waals surface area contributed by atoms with Gasteiger partial charge in [0.15, 0.2) is 0 Å². The Kier molecular flexibility index (Phi) is 46.4. The number of esters is 1. The lowest BCUT2D eigenvalue weighted by Crippen LogP contribution is -2.46. The largest absolute Gasteiger partial charge is 0.462 e. The summed E-state index contributed by atoms with van der Waals surface area (Å²) in [5, 5.41) is 23.7. The van der Waals surface area contributed by atoms with Gasteiger partial charge < -0.3 is 20.3 Å². The van der Waals surface area contributed by atoms with Crippen LogP contribution in [0.4, 0.5) is 0 Å². The maximum absolute atomic E-state index is 13.2. The SMILES string of the molecule is CC\C=C/C=C/C=C/C=C\C=C\C=C\CCCC(CC(=O)NC(CO)C(O)CCCCCCCCCCCCCCC)OC(=O)CCCCC/C=C/C/C=C/C/C=C/C/C=C/CC. The molecule has 0 radical (unpaired) electrons. The molecule has 0 aliphatic carbocycles. The summed E-state index contributed by atoms with van der Waals surface area (Å²) in [6.07, 6.45) is 68.3. The van der Waals surface area contributed by atoms with Crippen molar-refractivity contribution < 1.29 is 24.5 Å². The molecule has 0 saturated carbocycles. The minimum Gasteiger partial charge on any atom is -0.462 e. The highest BCUT2D eigenvalue weighted by Gasteiger charge is 2.24. The Morgan fingerprint density at radius 3 is 1.49 bits per heavy atom. The van der Waals surface area contributed by atoms with Crippen LogP contribution in [0.5, 0.6) is 0 Å². The molecule has 3 atom stereocenters. The zero-order valence-electron chi connectivity index (χ0n) is 40.4. The number of allylic oxidation sites excluding steroid dienone is 20. The number of nitrogens with one attached hydrogen (secondary N) is 1. The van der Waals surface area contributed by atoms with E-state index in [2.05, 4.69) is 86.8 Å². The third-order valence-corrected chi connectivity index (χ3v) is 10.7. The average molecular weight is 872 g/mol. The molecular formula is C57H93NO5. The summed E-state index contributed by atoms with van der Waals surface area (Å²) in [5.41, 5.74) is 0. The minimum atomic E-state index is -0.821. The van der Waals surface area contributed by atoms with Crippen molar-refractivity contribution in [2.45, 2.75) is 219 Å². The predicted octanol–water partition coefficient (Wildman–Crippen LogP) is 15.3. The van der Waals surface area contributed by atoms with Crippen molar-refractivity contribution in [3.05, 3.63) is 122 Å². The first kappa shape index (κ1) is 59.3. The number of carbonyl (C=O) groups is 2.